The highest BCUT2D eigenvalue weighted by Crippen LogP contribution is 2.35. The summed E-state index contributed by atoms with van der Waals surface area (Å²) in [6.45, 7) is 9.82. The molecule has 4 aromatic carbocycles. The molecule has 2 saturated heterocycles. The van der Waals surface area contributed by atoms with Crippen LogP contribution in [0.15, 0.2) is 95.4 Å². The normalized spacial score (nSPS) is 18.4. The van der Waals surface area contributed by atoms with Gasteiger partial charge in [-0.2, -0.15) is 0 Å². The van der Waals surface area contributed by atoms with Gasteiger partial charge in [-0.3, -0.25) is 14.8 Å². The molecule has 4 aromatic rings. The van der Waals surface area contributed by atoms with Crippen LogP contribution in [-0.2, 0) is 17.9 Å². The molecule has 0 radical (unpaired) electrons. The van der Waals surface area contributed by atoms with E-state index in [1.165, 1.54) is 18.1 Å². The number of benzene rings is 4. The quantitative estimate of drug-likeness (QED) is 0.178. The van der Waals surface area contributed by atoms with E-state index in [4.69, 9.17) is 9.47 Å². The van der Waals surface area contributed by atoms with Crippen molar-refractivity contribution in [3.8, 4) is 45.3 Å². The Hall–Kier alpha value is -5.41. The van der Waals surface area contributed by atoms with Gasteiger partial charge in [0, 0.05) is 55.0 Å². The smallest absolute Gasteiger partial charge is 0.245 e. The molecule has 9 nitrogen and oxygen atoms in total. The summed E-state index contributed by atoms with van der Waals surface area (Å²) in [7, 11) is 0. The second kappa shape index (κ2) is 15.0. The zero-order chi connectivity index (χ0) is 34.5. The minimum absolute atomic E-state index is 0.0140. The zero-order valence-electron chi connectivity index (χ0n) is 28.1. The summed E-state index contributed by atoms with van der Waals surface area (Å²) in [6.07, 6.45) is 7.26. The van der Waals surface area contributed by atoms with E-state index in [1.807, 2.05) is 47.7 Å². The Kier molecular flexibility index (Phi) is 9.93. The molecule has 50 heavy (non-hydrogen) atoms. The summed E-state index contributed by atoms with van der Waals surface area (Å²) in [4.78, 5) is 22.3. The molecule has 8 rings (SSSR count). The summed E-state index contributed by atoms with van der Waals surface area (Å²) in [5, 5.41) is 22.4. The number of phenols is 2. The van der Waals surface area contributed by atoms with Crippen LogP contribution in [0.5, 0.6) is 23.0 Å². The standard InChI is InChI=1S/C22H22N2O3.C19H20N2O2/c1-2-22(26)24-8-7-15(13-24)14-27-21-10-17(9-18-11-23-12-20(18)21)16-3-5-19(25)6-4-16;22-17-3-1-14(2-4-17)15-7-16-10-21-11-18(16)19(8-15)23-12-13-5-6-20-9-13/h2-6,9-10,12,15,25H,1,7-8,11,13-14H2;1-4,7-8,11,13,20,22H,5-6,9-10,12H2. The molecular formula is C41H42N4O5. The highest BCUT2D eigenvalue weighted by molar-refractivity contribution is 5.91. The highest BCUT2D eigenvalue weighted by Gasteiger charge is 2.26. The van der Waals surface area contributed by atoms with Crippen molar-refractivity contribution in [2.24, 2.45) is 21.8 Å². The maximum atomic E-state index is 11.7. The van der Waals surface area contributed by atoms with Gasteiger partial charge in [0.05, 0.1) is 26.3 Å². The van der Waals surface area contributed by atoms with Gasteiger partial charge < -0.3 is 29.9 Å². The molecule has 0 bridgehead atoms. The fourth-order valence-corrected chi connectivity index (χ4v) is 6.84. The van der Waals surface area contributed by atoms with Crippen molar-refractivity contribution >= 4 is 18.3 Å². The Bertz CT molecular complexity index is 1910. The number of hydrogen-bond acceptors (Lipinski definition) is 8. The summed E-state index contributed by atoms with van der Waals surface area (Å²) in [5.41, 5.74) is 8.74. The monoisotopic (exact) mass is 670 g/mol. The van der Waals surface area contributed by atoms with Crippen molar-refractivity contribution in [1.82, 2.24) is 10.2 Å². The van der Waals surface area contributed by atoms with Crippen LogP contribution in [0.1, 0.15) is 35.1 Å². The Morgan fingerprint density at radius 1 is 0.780 bits per heavy atom. The Labute approximate surface area is 292 Å². The van der Waals surface area contributed by atoms with Crippen LogP contribution in [0.3, 0.4) is 0 Å². The topological polar surface area (TPSA) is 116 Å². The molecule has 3 N–H and O–H groups in total. The third-order valence-corrected chi connectivity index (χ3v) is 9.70. The summed E-state index contributed by atoms with van der Waals surface area (Å²) in [5.74, 6) is 3.16. The number of hydrogen-bond donors (Lipinski definition) is 3. The van der Waals surface area contributed by atoms with E-state index >= 15 is 0 Å². The zero-order valence-corrected chi connectivity index (χ0v) is 28.1. The van der Waals surface area contributed by atoms with Crippen molar-refractivity contribution < 1.29 is 24.5 Å². The number of phenolic OH excluding ortho intramolecular Hbond substituents is 2. The average molecular weight is 671 g/mol. The minimum Gasteiger partial charge on any atom is -0.508 e. The first-order valence-electron chi connectivity index (χ1n) is 17.2. The van der Waals surface area contributed by atoms with Crippen LogP contribution in [0.25, 0.3) is 22.3 Å². The first kappa shape index (κ1) is 33.1. The van der Waals surface area contributed by atoms with Gasteiger partial charge in [-0.1, -0.05) is 30.8 Å². The fraction of sp³-hybridized carbons (Fsp3) is 0.293. The fourth-order valence-electron chi connectivity index (χ4n) is 6.84. The Balaban J connectivity index is 0.000000159. The van der Waals surface area contributed by atoms with Crippen LogP contribution in [0, 0.1) is 11.8 Å². The number of carbonyl (C=O) groups is 1. The van der Waals surface area contributed by atoms with Gasteiger partial charge >= 0.3 is 0 Å². The molecule has 4 aliphatic rings. The van der Waals surface area contributed by atoms with Gasteiger partial charge in [-0.25, -0.2) is 0 Å². The van der Waals surface area contributed by atoms with Crippen molar-refractivity contribution in [2.75, 3.05) is 39.4 Å². The van der Waals surface area contributed by atoms with E-state index in [0.717, 1.165) is 83.1 Å². The molecule has 2 unspecified atom stereocenters. The number of ether oxygens (including phenoxy) is 2. The maximum Gasteiger partial charge on any atom is 0.245 e. The predicted octanol–water partition coefficient (Wildman–Crippen LogP) is 6.39. The number of rotatable bonds is 9. The van der Waals surface area contributed by atoms with E-state index in [1.54, 1.807) is 24.3 Å². The number of carbonyl (C=O) groups excluding carboxylic acids is 1. The van der Waals surface area contributed by atoms with Crippen LogP contribution in [-0.4, -0.2) is 72.8 Å². The number of aliphatic imine (C=N–C) groups is 2. The lowest BCUT2D eigenvalue weighted by atomic mass is 9.99. The number of likely N-dealkylation sites (tertiary alicyclic amines) is 1. The minimum atomic E-state index is -0.0140. The molecule has 4 heterocycles. The third kappa shape index (κ3) is 7.58. The lowest BCUT2D eigenvalue weighted by molar-refractivity contribution is -0.125. The molecule has 9 heteroatoms. The summed E-state index contributed by atoms with van der Waals surface area (Å²) in [6, 6.07) is 22.9. The second-order valence-electron chi connectivity index (χ2n) is 13.3. The van der Waals surface area contributed by atoms with Gasteiger partial charge in [-0.15, -0.1) is 0 Å². The summed E-state index contributed by atoms with van der Waals surface area (Å²) >= 11 is 0. The van der Waals surface area contributed by atoms with Crippen molar-refractivity contribution in [2.45, 2.75) is 25.9 Å². The molecule has 0 aliphatic carbocycles. The number of nitrogens with one attached hydrogen (secondary N) is 1. The van der Waals surface area contributed by atoms with E-state index < -0.39 is 0 Å². The molecule has 2 fully saturated rings. The molecule has 4 aliphatic heterocycles. The van der Waals surface area contributed by atoms with Crippen LogP contribution in [0.4, 0.5) is 0 Å². The van der Waals surface area contributed by atoms with Gasteiger partial charge in [0.25, 0.3) is 0 Å². The lowest BCUT2D eigenvalue weighted by Gasteiger charge is -2.17. The predicted molar refractivity (Wildman–Crippen MR) is 197 cm³/mol. The molecule has 0 spiro atoms. The van der Waals surface area contributed by atoms with E-state index in [-0.39, 0.29) is 17.4 Å². The largest absolute Gasteiger partial charge is 0.508 e. The van der Waals surface area contributed by atoms with E-state index in [9.17, 15) is 15.0 Å². The molecule has 0 aromatic heterocycles. The van der Waals surface area contributed by atoms with Crippen molar-refractivity contribution in [1.29, 1.82) is 0 Å². The van der Waals surface area contributed by atoms with Gasteiger partial charge in [-0.05, 0) is 107 Å². The average Bonchev–Trinajstić information content (AvgIpc) is 3.98. The Morgan fingerprint density at radius 2 is 1.32 bits per heavy atom. The van der Waals surface area contributed by atoms with Crippen LogP contribution in [0.2, 0.25) is 0 Å². The van der Waals surface area contributed by atoms with Gasteiger partial charge in [0.1, 0.15) is 23.0 Å². The second-order valence-corrected chi connectivity index (χ2v) is 13.3. The number of aromatic hydroxyl groups is 2. The highest BCUT2D eigenvalue weighted by atomic mass is 16.5. The van der Waals surface area contributed by atoms with Crippen LogP contribution < -0.4 is 14.8 Å². The molecular weight excluding hydrogens is 628 g/mol. The van der Waals surface area contributed by atoms with Crippen molar-refractivity contribution in [3.63, 3.8) is 0 Å². The molecule has 0 saturated carbocycles. The first-order chi connectivity index (χ1) is 24.4. The van der Waals surface area contributed by atoms with Gasteiger partial charge in [0.15, 0.2) is 0 Å². The van der Waals surface area contributed by atoms with E-state index in [0.29, 0.717) is 38.1 Å². The SMILES string of the molecule is C=CC(=O)N1CCC(COc2cc(-c3ccc(O)cc3)cc3c2C=NC3)C1.Oc1ccc(-c2cc3c(c(OCC4CCNC4)c2)C=NC3)cc1. The van der Waals surface area contributed by atoms with Crippen molar-refractivity contribution in [3.05, 3.63) is 108 Å². The number of nitrogens with zero attached hydrogens (tertiary/aromatic N) is 3. The third-order valence-electron chi connectivity index (χ3n) is 9.70. The first-order valence-corrected chi connectivity index (χ1v) is 17.2. The maximum absolute atomic E-state index is 11.7. The van der Waals surface area contributed by atoms with Gasteiger partial charge in [0.2, 0.25) is 5.91 Å². The molecule has 256 valence electrons. The molecule has 2 atom stereocenters. The molecule has 1 amide bonds. The lowest BCUT2D eigenvalue weighted by Crippen LogP contribution is -2.27. The number of fused-ring (bicyclic) bond motifs is 2. The summed E-state index contributed by atoms with van der Waals surface area (Å²) < 4.78 is 12.3. The van der Waals surface area contributed by atoms with Crippen LogP contribution >= 0.6 is 0 Å². The Morgan fingerprint density at radius 3 is 1.82 bits per heavy atom. The number of amides is 1. The van der Waals surface area contributed by atoms with E-state index in [2.05, 4.69) is 40.1 Å².